The van der Waals surface area contributed by atoms with Gasteiger partial charge >= 0.3 is 0 Å². The van der Waals surface area contributed by atoms with E-state index in [2.05, 4.69) is 24.9 Å². The largest absolute Gasteiger partial charge is 0.366 e. The number of carbonyl (C=O) groups excluding carboxylic acids is 1. The van der Waals surface area contributed by atoms with E-state index in [1.165, 1.54) is 24.7 Å². The molecule has 0 radical (unpaired) electrons. The Kier molecular flexibility index (Phi) is 8.44. The maximum Gasteiger partial charge on any atom is 0.272 e. The number of anilines is 1. The Morgan fingerprint density at radius 3 is 2.47 bits per heavy atom. The molecule has 0 unspecified atom stereocenters. The third-order valence-corrected chi connectivity index (χ3v) is 7.98. The maximum absolute atomic E-state index is 13.7. The van der Waals surface area contributed by atoms with Crippen LogP contribution in [-0.4, -0.2) is 78.6 Å². The SMILES string of the molecule is Cc1c(NCc2ccc(Cl)c(F)c2)ncnc1C(=O)N1CCC(N2CCC(NS(C)(=O)=O)CC2)CC1. The molecule has 36 heavy (non-hydrogen) atoms. The number of aromatic nitrogens is 2. The highest BCUT2D eigenvalue weighted by Crippen LogP contribution is 2.24. The summed E-state index contributed by atoms with van der Waals surface area (Å²) >= 11 is 5.75. The smallest absolute Gasteiger partial charge is 0.272 e. The molecule has 2 aliphatic heterocycles. The van der Waals surface area contributed by atoms with Crippen LogP contribution in [0.3, 0.4) is 0 Å². The summed E-state index contributed by atoms with van der Waals surface area (Å²) in [4.78, 5) is 26.0. The Labute approximate surface area is 216 Å². The minimum atomic E-state index is -3.18. The number of amides is 1. The highest BCUT2D eigenvalue weighted by atomic mass is 35.5. The van der Waals surface area contributed by atoms with Crippen LogP contribution in [0.5, 0.6) is 0 Å². The highest BCUT2D eigenvalue weighted by molar-refractivity contribution is 7.88. The lowest BCUT2D eigenvalue weighted by Crippen LogP contribution is -2.51. The summed E-state index contributed by atoms with van der Waals surface area (Å²) < 4.78 is 39.4. The van der Waals surface area contributed by atoms with Gasteiger partial charge in [0.2, 0.25) is 10.0 Å². The molecular formula is C24H32ClFN6O3S. The Bertz CT molecular complexity index is 1200. The molecule has 4 rings (SSSR count). The van der Waals surface area contributed by atoms with Crippen molar-refractivity contribution < 1.29 is 17.6 Å². The summed E-state index contributed by atoms with van der Waals surface area (Å²) in [5.41, 5.74) is 1.72. The zero-order valence-electron chi connectivity index (χ0n) is 20.5. The lowest BCUT2D eigenvalue weighted by molar-refractivity contribution is 0.0570. The molecule has 1 aromatic heterocycles. The van der Waals surface area contributed by atoms with E-state index < -0.39 is 15.8 Å². The molecule has 196 valence electrons. The second-order valence-corrected chi connectivity index (χ2v) is 11.7. The number of benzene rings is 1. The van der Waals surface area contributed by atoms with E-state index in [-0.39, 0.29) is 17.0 Å². The van der Waals surface area contributed by atoms with Crippen molar-refractivity contribution in [1.29, 1.82) is 0 Å². The molecule has 0 aliphatic carbocycles. The molecule has 3 heterocycles. The van der Waals surface area contributed by atoms with Crippen molar-refractivity contribution >= 4 is 33.3 Å². The molecule has 1 aromatic carbocycles. The lowest BCUT2D eigenvalue weighted by atomic mass is 9.98. The predicted molar refractivity (Wildman–Crippen MR) is 137 cm³/mol. The summed E-state index contributed by atoms with van der Waals surface area (Å²) in [6, 6.07) is 4.99. The minimum Gasteiger partial charge on any atom is -0.366 e. The number of likely N-dealkylation sites (tertiary alicyclic amines) is 2. The van der Waals surface area contributed by atoms with Crippen LogP contribution in [0.2, 0.25) is 5.02 Å². The first-order valence-corrected chi connectivity index (χ1v) is 14.4. The van der Waals surface area contributed by atoms with Crippen LogP contribution in [0.25, 0.3) is 0 Å². The molecule has 2 aliphatic rings. The van der Waals surface area contributed by atoms with Crippen LogP contribution in [0.1, 0.15) is 47.3 Å². The van der Waals surface area contributed by atoms with Crippen molar-refractivity contribution in [1.82, 2.24) is 24.5 Å². The monoisotopic (exact) mass is 538 g/mol. The topological polar surface area (TPSA) is 108 Å². The molecule has 0 spiro atoms. The number of halogens is 2. The Balaban J connectivity index is 1.31. The molecule has 2 N–H and O–H groups in total. The third kappa shape index (κ3) is 6.70. The van der Waals surface area contributed by atoms with Gasteiger partial charge in [-0.2, -0.15) is 0 Å². The van der Waals surface area contributed by atoms with Crippen molar-refractivity contribution in [2.24, 2.45) is 0 Å². The van der Waals surface area contributed by atoms with Crippen LogP contribution < -0.4 is 10.0 Å². The molecule has 12 heteroatoms. The quantitative estimate of drug-likeness (QED) is 0.558. The molecule has 2 aromatic rings. The molecule has 2 saturated heterocycles. The van der Waals surface area contributed by atoms with Gasteiger partial charge < -0.3 is 15.1 Å². The van der Waals surface area contributed by atoms with Gasteiger partial charge in [0.25, 0.3) is 5.91 Å². The average molecular weight is 539 g/mol. The Morgan fingerprint density at radius 1 is 1.14 bits per heavy atom. The van der Waals surface area contributed by atoms with Crippen molar-refractivity contribution in [3.8, 4) is 0 Å². The second kappa shape index (κ2) is 11.4. The first-order valence-electron chi connectivity index (χ1n) is 12.1. The van der Waals surface area contributed by atoms with Crippen molar-refractivity contribution in [2.45, 2.75) is 51.2 Å². The number of hydrogen-bond donors (Lipinski definition) is 2. The molecule has 0 atom stereocenters. The number of sulfonamides is 1. The number of nitrogens with one attached hydrogen (secondary N) is 2. The van der Waals surface area contributed by atoms with Gasteiger partial charge in [-0.15, -0.1) is 0 Å². The Morgan fingerprint density at radius 2 is 1.83 bits per heavy atom. The van der Waals surface area contributed by atoms with Crippen LogP contribution in [0, 0.1) is 12.7 Å². The number of hydrogen-bond acceptors (Lipinski definition) is 7. The maximum atomic E-state index is 13.7. The zero-order valence-corrected chi connectivity index (χ0v) is 22.1. The summed E-state index contributed by atoms with van der Waals surface area (Å²) in [6.45, 7) is 5.12. The minimum absolute atomic E-state index is 0.000164. The summed E-state index contributed by atoms with van der Waals surface area (Å²) in [6.07, 6.45) is 5.90. The third-order valence-electron chi connectivity index (χ3n) is 6.91. The van der Waals surface area contributed by atoms with Gasteiger partial charge in [0.15, 0.2) is 0 Å². The van der Waals surface area contributed by atoms with Gasteiger partial charge in [0, 0.05) is 37.3 Å². The lowest BCUT2D eigenvalue weighted by Gasteiger charge is -2.41. The summed E-state index contributed by atoms with van der Waals surface area (Å²) in [5, 5.41) is 3.23. The molecule has 1 amide bonds. The van der Waals surface area contributed by atoms with E-state index in [1.54, 1.807) is 13.0 Å². The van der Waals surface area contributed by atoms with Crippen molar-refractivity contribution in [3.05, 3.63) is 52.2 Å². The molecule has 2 fully saturated rings. The second-order valence-electron chi connectivity index (χ2n) is 9.52. The predicted octanol–water partition coefficient (Wildman–Crippen LogP) is 2.81. The fraction of sp³-hybridized carbons (Fsp3) is 0.542. The molecule has 0 saturated carbocycles. The van der Waals surface area contributed by atoms with E-state index in [9.17, 15) is 17.6 Å². The Hall–Kier alpha value is -2.34. The van der Waals surface area contributed by atoms with Gasteiger partial charge in [0.1, 0.15) is 23.7 Å². The van der Waals surface area contributed by atoms with Crippen molar-refractivity contribution in [3.63, 3.8) is 0 Å². The number of carbonyl (C=O) groups is 1. The number of nitrogens with zero attached hydrogens (tertiary/aromatic N) is 4. The van der Waals surface area contributed by atoms with Crippen LogP contribution in [0.4, 0.5) is 10.2 Å². The van der Waals surface area contributed by atoms with Gasteiger partial charge in [-0.25, -0.2) is 27.5 Å². The van der Waals surface area contributed by atoms with E-state index in [0.29, 0.717) is 48.3 Å². The van der Waals surface area contributed by atoms with Gasteiger partial charge in [-0.3, -0.25) is 4.79 Å². The molecule has 9 nitrogen and oxygen atoms in total. The van der Waals surface area contributed by atoms with Crippen LogP contribution >= 0.6 is 11.6 Å². The fourth-order valence-electron chi connectivity index (χ4n) is 4.95. The summed E-state index contributed by atoms with van der Waals surface area (Å²) in [7, 11) is -3.18. The zero-order chi connectivity index (χ0) is 25.9. The van der Waals surface area contributed by atoms with E-state index in [1.807, 2.05) is 4.90 Å². The number of piperidine rings is 2. The first kappa shape index (κ1) is 26.7. The van der Waals surface area contributed by atoms with Gasteiger partial charge in [0.05, 0.1) is 11.3 Å². The van der Waals surface area contributed by atoms with E-state index in [0.717, 1.165) is 38.8 Å². The first-order chi connectivity index (χ1) is 17.1. The molecule has 0 bridgehead atoms. The van der Waals surface area contributed by atoms with Crippen molar-refractivity contribution in [2.75, 3.05) is 37.8 Å². The van der Waals surface area contributed by atoms with Crippen LogP contribution in [0.15, 0.2) is 24.5 Å². The normalized spacial score (nSPS) is 18.4. The highest BCUT2D eigenvalue weighted by Gasteiger charge is 2.31. The average Bonchev–Trinajstić information content (AvgIpc) is 2.85. The van der Waals surface area contributed by atoms with Gasteiger partial charge in [-0.05, 0) is 63.4 Å². The molecular weight excluding hydrogens is 507 g/mol. The van der Waals surface area contributed by atoms with E-state index >= 15 is 0 Å². The van der Waals surface area contributed by atoms with E-state index in [4.69, 9.17) is 11.6 Å². The van der Waals surface area contributed by atoms with Crippen LogP contribution in [-0.2, 0) is 16.6 Å². The summed E-state index contributed by atoms with van der Waals surface area (Å²) in [5.74, 6) is -0.0706. The fourth-order valence-corrected chi connectivity index (χ4v) is 5.91. The number of rotatable bonds is 7. The van der Waals surface area contributed by atoms with Gasteiger partial charge in [-0.1, -0.05) is 17.7 Å². The standard InChI is InChI=1S/C24H32ClFN6O3S/c1-16-22(28-15-29-23(16)27-14-17-3-4-20(25)21(26)13-17)24(33)32-11-7-19(8-12-32)31-9-5-18(6-10-31)30-36(2,34)35/h3-4,13,15,18-19,30H,5-12,14H2,1-2H3,(H,27,28,29).